The van der Waals surface area contributed by atoms with Crippen LogP contribution in [0.25, 0.3) is 0 Å². The fourth-order valence-corrected chi connectivity index (χ4v) is 8.09. The van der Waals surface area contributed by atoms with Gasteiger partial charge in [0.25, 0.3) is 0 Å². The Balaban J connectivity index is 0.000000294. The third-order valence-corrected chi connectivity index (χ3v) is 10.9. The highest BCUT2D eigenvalue weighted by Crippen LogP contribution is 2.49. The van der Waals surface area contributed by atoms with E-state index in [1.165, 1.54) is 48.6 Å². The standard InChI is InChI=1S/C32H44O2.C8H10.C7H8/c1-4-34-29-18-10-16-27(21-29)30-22-28(17-9-14-25-12-6-5-7-13-25)32(33)31(24(30)3)20-26-15-8-11-23(2)19-26;1-2-8-6-4-3-5-7-8;1-7-5-3-2-4-6-7/h4-8,10,12,15-16,18,21,23-26,28,30-33H,1,9,11,13-14,17,19-20,22H2,2-3H3;3-7H,2H2,1H3;2-6H,1H3. The van der Waals surface area contributed by atoms with Crippen molar-refractivity contribution in [3.8, 4) is 5.75 Å². The predicted molar refractivity (Wildman–Crippen MR) is 210 cm³/mol. The lowest BCUT2D eigenvalue weighted by atomic mass is 9.61. The van der Waals surface area contributed by atoms with Crippen LogP contribution in [0.2, 0.25) is 0 Å². The maximum atomic E-state index is 11.6. The smallest absolute Gasteiger partial charge is 0.126 e. The molecule has 49 heavy (non-hydrogen) atoms. The number of ether oxygens (including phenoxy) is 1. The minimum absolute atomic E-state index is 0.203. The molecule has 6 rings (SSSR count). The van der Waals surface area contributed by atoms with Gasteiger partial charge in [0.05, 0.1) is 12.4 Å². The number of aryl methyl sites for hydroxylation is 2. The zero-order chi connectivity index (χ0) is 34.8. The lowest BCUT2D eigenvalue weighted by Gasteiger charge is -2.46. The van der Waals surface area contributed by atoms with Gasteiger partial charge >= 0.3 is 0 Å². The molecule has 3 aromatic rings. The number of benzene rings is 3. The average Bonchev–Trinajstić information content (AvgIpc) is 3.13. The molecule has 3 aliphatic carbocycles. The van der Waals surface area contributed by atoms with Gasteiger partial charge in [-0.05, 0) is 123 Å². The lowest BCUT2D eigenvalue weighted by molar-refractivity contribution is -0.0333. The first-order valence-corrected chi connectivity index (χ1v) is 19.0. The Labute approximate surface area is 298 Å². The minimum Gasteiger partial charge on any atom is -0.466 e. The Hall–Kier alpha value is -3.62. The molecule has 1 fully saturated rings. The maximum absolute atomic E-state index is 11.6. The lowest BCUT2D eigenvalue weighted by Crippen LogP contribution is -2.43. The van der Waals surface area contributed by atoms with Crippen LogP contribution in [0, 0.1) is 42.4 Å². The van der Waals surface area contributed by atoms with Crippen molar-refractivity contribution >= 4 is 0 Å². The molecule has 0 radical (unpaired) electrons. The second kappa shape index (κ2) is 20.8. The van der Waals surface area contributed by atoms with E-state index in [2.05, 4.69) is 125 Å². The van der Waals surface area contributed by atoms with E-state index in [-0.39, 0.29) is 6.10 Å². The molecule has 1 N–H and O–H groups in total. The van der Waals surface area contributed by atoms with E-state index < -0.39 is 0 Å². The van der Waals surface area contributed by atoms with Crippen LogP contribution in [0.15, 0.2) is 134 Å². The Morgan fingerprint density at radius 2 is 1.57 bits per heavy atom. The Bertz CT molecular complexity index is 1440. The molecule has 8 atom stereocenters. The van der Waals surface area contributed by atoms with Gasteiger partial charge in [0.2, 0.25) is 0 Å². The van der Waals surface area contributed by atoms with Crippen LogP contribution in [-0.2, 0) is 6.42 Å². The molecule has 2 nitrogen and oxygen atoms in total. The van der Waals surface area contributed by atoms with E-state index in [9.17, 15) is 5.11 Å². The van der Waals surface area contributed by atoms with Crippen molar-refractivity contribution in [1.82, 2.24) is 0 Å². The monoisotopic (exact) mass is 658 g/mol. The second-order valence-corrected chi connectivity index (χ2v) is 14.7. The third-order valence-electron chi connectivity index (χ3n) is 10.9. The SMILES string of the molecule is C=COc1cccc(C2CC(CCCC3C=CC=CC3)C(O)C(CC3C=CCC(C)C3)C2C)c1.CCc1ccccc1.Cc1ccccc1. The number of allylic oxidation sites excluding steroid dienone is 6. The highest BCUT2D eigenvalue weighted by Gasteiger charge is 2.43. The Morgan fingerprint density at radius 3 is 2.18 bits per heavy atom. The van der Waals surface area contributed by atoms with E-state index in [0.717, 1.165) is 43.8 Å². The average molecular weight is 659 g/mol. The van der Waals surface area contributed by atoms with Crippen molar-refractivity contribution in [2.75, 3.05) is 0 Å². The second-order valence-electron chi connectivity index (χ2n) is 14.7. The highest BCUT2D eigenvalue weighted by atomic mass is 16.5. The first-order valence-electron chi connectivity index (χ1n) is 19.0. The van der Waals surface area contributed by atoms with Gasteiger partial charge in [-0.3, -0.25) is 0 Å². The molecule has 262 valence electrons. The van der Waals surface area contributed by atoms with Crippen LogP contribution < -0.4 is 4.74 Å². The molecule has 3 aliphatic rings. The molecule has 0 amide bonds. The van der Waals surface area contributed by atoms with E-state index in [4.69, 9.17) is 4.74 Å². The summed E-state index contributed by atoms with van der Waals surface area (Å²) in [6.45, 7) is 12.7. The molecular formula is C47H62O2. The fourth-order valence-electron chi connectivity index (χ4n) is 8.09. The van der Waals surface area contributed by atoms with E-state index in [1.807, 2.05) is 30.3 Å². The summed E-state index contributed by atoms with van der Waals surface area (Å²) >= 11 is 0. The zero-order valence-electron chi connectivity index (χ0n) is 30.7. The summed E-state index contributed by atoms with van der Waals surface area (Å²) in [4.78, 5) is 0. The van der Waals surface area contributed by atoms with Crippen molar-refractivity contribution < 1.29 is 9.84 Å². The van der Waals surface area contributed by atoms with Gasteiger partial charge in [-0.1, -0.05) is 149 Å². The molecule has 0 bridgehead atoms. The highest BCUT2D eigenvalue weighted by molar-refractivity contribution is 5.32. The van der Waals surface area contributed by atoms with Gasteiger partial charge in [-0.15, -0.1) is 0 Å². The first kappa shape index (κ1) is 38.2. The minimum atomic E-state index is -0.203. The first-order chi connectivity index (χ1) is 23.9. The van der Waals surface area contributed by atoms with Gasteiger partial charge in [-0.25, -0.2) is 0 Å². The molecule has 0 spiro atoms. The topological polar surface area (TPSA) is 29.5 Å². The van der Waals surface area contributed by atoms with Gasteiger partial charge < -0.3 is 9.84 Å². The third kappa shape index (κ3) is 12.6. The number of rotatable bonds is 10. The summed E-state index contributed by atoms with van der Waals surface area (Å²) in [5.74, 6) is 4.48. The van der Waals surface area contributed by atoms with Crippen molar-refractivity contribution in [3.05, 3.63) is 151 Å². The van der Waals surface area contributed by atoms with Crippen LogP contribution >= 0.6 is 0 Å². The van der Waals surface area contributed by atoms with Crippen molar-refractivity contribution in [1.29, 1.82) is 0 Å². The van der Waals surface area contributed by atoms with Crippen molar-refractivity contribution in [3.63, 3.8) is 0 Å². The Morgan fingerprint density at radius 1 is 0.816 bits per heavy atom. The van der Waals surface area contributed by atoms with Gasteiger partial charge in [0, 0.05) is 0 Å². The number of aliphatic hydroxyl groups is 1. The van der Waals surface area contributed by atoms with Crippen LogP contribution in [0.4, 0.5) is 0 Å². The van der Waals surface area contributed by atoms with Gasteiger partial charge in [0.15, 0.2) is 0 Å². The summed E-state index contributed by atoms with van der Waals surface area (Å²) in [5, 5.41) is 11.6. The largest absolute Gasteiger partial charge is 0.466 e. The number of aliphatic hydroxyl groups excluding tert-OH is 1. The van der Waals surface area contributed by atoms with Crippen LogP contribution in [0.1, 0.15) is 94.7 Å². The summed E-state index contributed by atoms with van der Waals surface area (Å²) in [6.07, 6.45) is 25.5. The maximum Gasteiger partial charge on any atom is 0.126 e. The Kier molecular flexibility index (Phi) is 16.2. The molecule has 3 aromatic carbocycles. The molecular weight excluding hydrogens is 597 g/mol. The van der Waals surface area contributed by atoms with Crippen LogP contribution in [0.3, 0.4) is 0 Å². The summed E-state index contributed by atoms with van der Waals surface area (Å²) in [5.41, 5.74) is 4.08. The van der Waals surface area contributed by atoms with E-state index in [0.29, 0.717) is 35.5 Å². The predicted octanol–water partition coefficient (Wildman–Crippen LogP) is 12.5. The summed E-state index contributed by atoms with van der Waals surface area (Å²) < 4.78 is 5.61. The van der Waals surface area contributed by atoms with Gasteiger partial charge in [0.1, 0.15) is 5.75 Å². The summed E-state index contributed by atoms with van der Waals surface area (Å²) in [6, 6.07) is 29.3. The molecule has 1 saturated carbocycles. The van der Waals surface area contributed by atoms with Crippen LogP contribution in [-0.4, -0.2) is 11.2 Å². The van der Waals surface area contributed by atoms with Crippen LogP contribution in [0.5, 0.6) is 5.75 Å². The fraction of sp³-hybridized carbons (Fsp3) is 0.447. The molecule has 0 aromatic heterocycles. The van der Waals surface area contributed by atoms with E-state index in [1.54, 1.807) is 0 Å². The van der Waals surface area contributed by atoms with Gasteiger partial charge in [-0.2, -0.15) is 0 Å². The summed E-state index contributed by atoms with van der Waals surface area (Å²) in [7, 11) is 0. The van der Waals surface area contributed by atoms with E-state index >= 15 is 0 Å². The number of hydrogen-bond acceptors (Lipinski definition) is 2. The quantitative estimate of drug-likeness (QED) is 0.173. The molecule has 0 aliphatic heterocycles. The zero-order valence-corrected chi connectivity index (χ0v) is 30.7. The molecule has 8 unspecified atom stereocenters. The molecule has 2 heteroatoms. The van der Waals surface area contributed by atoms with Crippen molar-refractivity contribution in [2.24, 2.45) is 35.5 Å². The molecule has 0 heterocycles. The van der Waals surface area contributed by atoms with Crippen molar-refractivity contribution in [2.45, 2.75) is 97.5 Å². The molecule has 0 saturated heterocycles. The normalized spacial score (nSPS) is 27.2. The number of hydrogen-bond donors (Lipinski definition) is 1.